The normalized spacial score (nSPS) is 10.8. The Morgan fingerprint density at radius 1 is 1.10 bits per heavy atom. The average molecular weight is 392 g/mol. The zero-order valence-electron chi connectivity index (χ0n) is 14.7. The average Bonchev–Trinajstić information content (AvgIpc) is 3.24. The van der Waals surface area contributed by atoms with Gasteiger partial charge in [0.2, 0.25) is 5.76 Å². The van der Waals surface area contributed by atoms with Gasteiger partial charge in [0.25, 0.3) is 11.2 Å². The molecule has 2 aromatic carbocycles. The highest BCUT2D eigenvalue weighted by molar-refractivity contribution is 5.87. The van der Waals surface area contributed by atoms with Gasteiger partial charge in [0.15, 0.2) is 6.73 Å². The molecule has 0 aliphatic carbocycles. The van der Waals surface area contributed by atoms with E-state index in [1.165, 1.54) is 30.3 Å². The fraction of sp³-hybridized carbons (Fsp3) is 0.0526. The van der Waals surface area contributed by atoms with Crippen LogP contribution in [-0.2, 0) is 11.5 Å². The topological polar surface area (TPSA) is 130 Å². The molecule has 10 nitrogen and oxygen atoms in total. The molecule has 10 heteroatoms. The first-order valence-electron chi connectivity index (χ1n) is 8.37. The van der Waals surface area contributed by atoms with E-state index in [0.717, 1.165) is 4.68 Å². The van der Waals surface area contributed by atoms with Crippen molar-refractivity contribution >= 4 is 22.6 Å². The van der Waals surface area contributed by atoms with Gasteiger partial charge < -0.3 is 9.15 Å². The lowest BCUT2D eigenvalue weighted by Crippen LogP contribution is -2.26. The zero-order valence-corrected chi connectivity index (χ0v) is 14.7. The van der Waals surface area contributed by atoms with Crippen molar-refractivity contribution in [1.82, 2.24) is 15.0 Å². The molecule has 144 valence electrons. The molecule has 0 saturated carbocycles. The van der Waals surface area contributed by atoms with Crippen molar-refractivity contribution in [3.8, 4) is 11.3 Å². The summed E-state index contributed by atoms with van der Waals surface area (Å²) in [6.07, 6.45) is 0. The van der Waals surface area contributed by atoms with Crippen molar-refractivity contribution in [3.05, 3.63) is 86.9 Å². The first-order chi connectivity index (χ1) is 14.0. The molecule has 0 radical (unpaired) electrons. The smallest absolute Gasteiger partial charge is 0.376 e. The Kier molecular flexibility index (Phi) is 4.57. The number of esters is 1. The molecule has 0 bridgehead atoms. The largest absolute Gasteiger partial charge is 0.449 e. The molecule has 2 heterocycles. The van der Waals surface area contributed by atoms with E-state index in [1.54, 1.807) is 30.3 Å². The highest BCUT2D eigenvalue weighted by Crippen LogP contribution is 2.24. The summed E-state index contributed by atoms with van der Waals surface area (Å²) < 4.78 is 11.5. The number of benzene rings is 2. The minimum Gasteiger partial charge on any atom is -0.449 e. The molecule has 0 amide bonds. The zero-order chi connectivity index (χ0) is 20.4. The number of fused-ring (bicyclic) bond motifs is 1. The van der Waals surface area contributed by atoms with Crippen LogP contribution in [0, 0.1) is 10.1 Å². The van der Waals surface area contributed by atoms with Gasteiger partial charge in [-0.15, -0.1) is 5.10 Å². The predicted octanol–water partition coefficient (Wildman–Crippen LogP) is 2.77. The van der Waals surface area contributed by atoms with Crippen LogP contribution in [0.4, 0.5) is 5.69 Å². The number of nitro benzene ring substituents is 1. The van der Waals surface area contributed by atoms with E-state index in [0.29, 0.717) is 22.2 Å². The van der Waals surface area contributed by atoms with Crippen molar-refractivity contribution < 1.29 is 18.9 Å². The summed E-state index contributed by atoms with van der Waals surface area (Å²) >= 11 is 0. The molecule has 4 rings (SSSR count). The molecule has 29 heavy (non-hydrogen) atoms. The highest BCUT2D eigenvalue weighted by Gasteiger charge is 2.16. The first kappa shape index (κ1) is 18.0. The predicted molar refractivity (Wildman–Crippen MR) is 100 cm³/mol. The number of furan rings is 1. The number of rotatable bonds is 5. The van der Waals surface area contributed by atoms with Crippen LogP contribution in [0.15, 0.2) is 69.9 Å². The van der Waals surface area contributed by atoms with E-state index < -0.39 is 23.2 Å². The molecule has 0 spiro atoms. The van der Waals surface area contributed by atoms with Crippen LogP contribution in [-0.4, -0.2) is 25.9 Å². The number of carbonyl (C=O) groups excluding carboxylic acids is 1. The Morgan fingerprint density at radius 3 is 2.62 bits per heavy atom. The van der Waals surface area contributed by atoms with E-state index in [2.05, 4.69) is 10.3 Å². The molecule has 0 unspecified atom stereocenters. The number of non-ortho nitro benzene ring substituents is 1. The lowest BCUT2D eigenvalue weighted by atomic mass is 10.1. The van der Waals surface area contributed by atoms with Gasteiger partial charge in [-0.1, -0.05) is 17.3 Å². The van der Waals surface area contributed by atoms with Gasteiger partial charge in [0, 0.05) is 17.7 Å². The van der Waals surface area contributed by atoms with Crippen LogP contribution < -0.4 is 5.56 Å². The highest BCUT2D eigenvalue weighted by atomic mass is 16.6. The summed E-state index contributed by atoms with van der Waals surface area (Å²) in [7, 11) is 0. The maximum Gasteiger partial charge on any atom is 0.376 e. The maximum atomic E-state index is 12.3. The van der Waals surface area contributed by atoms with Crippen LogP contribution in [0.5, 0.6) is 0 Å². The Balaban J connectivity index is 1.48. The summed E-state index contributed by atoms with van der Waals surface area (Å²) in [4.78, 5) is 34.8. The van der Waals surface area contributed by atoms with Crippen molar-refractivity contribution in [1.29, 1.82) is 0 Å². The van der Waals surface area contributed by atoms with E-state index in [4.69, 9.17) is 9.15 Å². The minimum atomic E-state index is -0.792. The monoisotopic (exact) mass is 392 g/mol. The molecule has 0 saturated heterocycles. The van der Waals surface area contributed by atoms with E-state index in [1.807, 2.05) is 0 Å². The van der Waals surface area contributed by atoms with Gasteiger partial charge >= 0.3 is 5.97 Å². The molecule has 0 N–H and O–H groups in total. The van der Waals surface area contributed by atoms with Crippen molar-refractivity contribution in [2.24, 2.45) is 0 Å². The third-order valence-electron chi connectivity index (χ3n) is 4.12. The number of nitro groups is 1. The van der Waals surface area contributed by atoms with Gasteiger partial charge in [-0.3, -0.25) is 14.9 Å². The summed E-state index contributed by atoms with van der Waals surface area (Å²) in [5.74, 6) is -0.533. The second-order valence-corrected chi connectivity index (χ2v) is 5.94. The SMILES string of the molecule is O=C(OCn1nnc2ccccc2c1=O)c1ccc(-c2ccc([N+](=O)[O-])cc2)o1. The molecule has 0 aliphatic heterocycles. The molecule has 4 aromatic rings. The lowest BCUT2D eigenvalue weighted by molar-refractivity contribution is -0.384. The Morgan fingerprint density at radius 2 is 1.86 bits per heavy atom. The van der Waals surface area contributed by atoms with Crippen LogP contribution in [0.25, 0.3) is 22.2 Å². The van der Waals surface area contributed by atoms with E-state index >= 15 is 0 Å². The van der Waals surface area contributed by atoms with Crippen molar-refractivity contribution in [2.45, 2.75) is 6.73 Å². The summed E-state index contributed by atoms with van der Waals surface area (Å²) in [6, 6.07) is 15.3. The molecule has 2 aromatic heterocycles. The summed E-state index contributed by atoms with van der Waals surface area (Å²) in [6.45, 7) is -0.428. The third-order valence-corrected chi connectivity index (χ3v) is 4.12. The molecule has 0 aliphatic rings. The van der Waals surface area contributed by atoms with Gasteiger partial charge in [-0.25, -0.2) is 4.79 Å². The molecular weight excluding hydrogens is 380 g/mol. The van der Waals surface area contributed by atoms with Crippen LogP contribution >= 0.6 is 0 Å². The van der Waals surface area contributed by atoms with Gasteiger partial charge in [0.05, 0.1) is 10.3 Å². The lowest BCUT2D eigenvalue weighted by Gasteiger charge is -2.05. The summed E-state index contributed by atoms with van der Waals surface area (Å²) in [5, 5.41) is 18.7. The Bertz CT molecular complexity index is 1280. The van der Waals surface area contributed by atoms with Gasteiger partial charge in [0.1, 0.15) is 11.3 Å². The number of aromatic nitrogens is 3. The third kappa shape index (κ3) is 3.58. The molecular formula is C19H12N4O6. The number of hydrogen-bond donors (Lipinski definition) is 0. The standard InChI is InChI=1S/C19H12N4O6/c24-18-14-3-1-2-4-15(14)20-21-22(18)11-28-19(25)17-10-9-16(29-17)12-5-7-13(8-6-12)23(26)27/h1-10H,11H2. The fourth-order valence-corrected chi connectivity index (χ4v) is 2.65. The molecule has 0 atom stereocenters. The van der Waals surface area contributed by atoms with Crippen LogP contribution in [0.2, 0.25) is 0 Å². The first-order valence-corrected chi connectivity index (χ1v) is 8.37. The van der Waals surface area contributed by atoms with E-state index in [-0.39, 0.29) is 11.4 Å². The van der Waals surface area contributed by atoms with Crippen molar-refractivity contribution in [3.63, 3.8) is 0 Å². The number of carbonyl (C=O) groups is 1. The van der Waals surface area contributed by atoms with Gasteiger partial charge in [-0.2, -0.15) is 4.68 Å². The Labute approximate surface area is 162 Å². The second kappa shape index (κ2) is 7.35. The van der Waals surface area contributed by atoms with Gasteiger partial charge in [-0.05, 0) is 36.4 Å². The number of nitrogens with zero attached hydrogens (tertiary/aromatic N) is 4. The van der Waals surface area contributed by atoms with Crippen molar-refractivity contribution in [2.75, 3.05) is 0 Å². The maximum absolute atomic E-state index is 12.3. The number of hydrogen-bond acceptors (Lipinski definition) is 8. The second-order valence-electron chi connectivity index (χ2n) is 5.94. The van der Waals surface area contributed by atoms with Crippen LogP contribution in [0.1, 0.15) is 10.6 Å². The number of ether oxygens (including phenoxy) is 1. The van der Waals surface area contributed by atoms with Crippen LogP contribution in [0.3, 0.4) is 0 Å². The quantitative estimate of drug-likeness (QED) is 0.288. The molecule has 0 fully saturated rings. The Hall–Kier alpha value is -4.34. The fourth-order valence-electron chi connectivity index (χ4n) is 2.65. The minimum absolute atomic E-state index is 0.0538. The summed E-state index contributed by atoms with van der Waals surface area (Å²) in [5.41, 5.74) is 0.515. The van der Waals surface area contributed by atoms with E-state index in [9.17, 15) is 19.7 Å².